The Morgan fingerprint density at radius 1 is 0.938 bits per heavy atom. The monoisotopic (exact) mass is 229 g/mol. The van der Waals surface area contributed by atoms with Crippen LogP contribution in [0.1, 0.15) is 65.7 Å². The average Bonchev–Trinajstić information content (AvgIpc) is 2.31. The number of aliphatic hydroxyl groups is 1. The van der Waals surface area contributed by atoms with Crippen LogP contribution in [0.3, 0.4) is 0 Å². The fourth-order valence-electron chi connectivity index (χ4n) is 1.95. The van der Waals surface area contributed by atoms with Gasteiger partial charge < -0.3 is 10.0 Å². The zero-order chi connectivity index (χ0) is 12.2. The van der Waals surface area contributed by atoms with Gasteiger partial charge in [0.25, 0.3) is 0 Å². The summed E-state index contributed by atoms with van der Waals surface area (Å²) < 4.78 is 0. The lowest BCUT2D eigenvalue weighted by Crippen LogP contribution is -2.34. The first-order valence-electron chi connectivity index (χ1n) is 7.11. The normalized spacial score (nSPS) is 13.3. The molecule has 1 N–H and O–H groups in total. The van der Waals surface area contributed by atoms with E-state index in [1.54, 1.807) is 0 Å². The summed E-state index contributed by atoms with van der Waals surface area (Å²) in [5.74, 6) is 0. The number of rotatable bonds is 11. The van der Waals surface area contributed by atoms with Gasteiger partial charge >= 0.3 is 0 Å². The highest BCUT2D eigenvalue weighted by Crippen LogP contribution is 2.09. The molecule has 2 heteroatoms. The summed E-state index contributed by atoms with van der Waals surface area (Å²) in [6, 6.07) is 0.726. The standard InChI is InChI=1S/C14H31NO/c1-4-6-11-15(14(3)5-2)12-9-7-8-10-13-16/h14,16H,4-13H2,1-3H3. The predicted octanol–water partition coefficient (Wildman–Crippen LogP) is 3.44. The van der Waals surface area contributed by atoms with Crippen molar-refractivity contribution in [1.82, 2.24) is 4.90 Å². The maximum Gasteiger partial charge on any atom is 0.0431 e. The Labute approximate surface area is 102 Å². The number of aliphatic hydroxyl groups excluding tert-OH is 1. The Balaban J connectivity index is 3.65. The summed E-state index contributed by atoms with van der Waals surface area (Å²) in [5.41, 5.74) is 0. The molecule has 0 fully saturated rings. The SMILES string of the molecule is CCCCN(CCCCCCO)C(C)CC. The van der Waals surface area contributed by atoms with Gasteiger partial charge in [0.2, 0.25) is 0 Å². The number of hydrogen-bond donors (Lipinski definition) is 1. The van der Waals surface area contributed by atoms with Crippen molar-refractivity contribution >= 4 is 0 Å². The second kappa shape index (κ2) is 11.4. The van der Waals surface area contributed by atoms with E-state index in [9.17, 15) is 0 Å². The molecule has 0 saturated heterocycles. The Bertz CT molecular complexity index is 139. The number of nitrogens with zero attached hydrogens (tertiary/aromatic N) is 1. The quantitative estimate of drug-likeness (QED) is 0.549. The van der Waals surface area contributed by atoms with Crippen molar-refractivity contribution in [2.24, 2.45) is 0 Å². The highest BCUT2D eigenvalue weighted by molar-refractivity contribution is 4.65. The minimum atomic E-state index is 0.352. The molecule has 0 bridgehead atoms. The zero-order valence-corrected chi connectivity index (χ0v) is 11.5. The third-order valence-corrected chi connectivity index (χ3v) is 3.37. The van der Waals surface area contributed by atoms with Gasteiger partial charge in [-0.25, -0.2) is 0 Å². The first-order chi connectivity index (χ1) is 7.76. The summed E-state index contributed by atoms with van der Waals surface area (Å²) in [5, 5.41) is 8.71. The van der Waals surface area contributed by atoms with Crippen LogP contribution in [-0.2, 0) is 0 Å². The molecule has 0 radical (unpaired) electrons. The third kappa shape index (κ3) is 8.12. The van der Waals surface area contributed by atoms with Crippen LogP contribution >= 0.6 is 0 Å². The summed E-state index contributed by atoms with van der Waals surface area (Å²) >= 11 is 0. The highest BCUT2D eigenvalue weighted by atomic mass is 16.2. The zero-order valence-electron chi connectivity index (χ0n) is 11.5. The Kier molecular flexibility index (Phi) is 11.3. The van der Waals surface area contributed by atoms with Crippen LogP contribution in [0.4, 0.5) is 0 Å². The van der Waals surface area contributed by atoms with E-state index in [1.807, 2.05) is 0 Å². The van der Waals surface area contributed by atoms with Gasteiger partial charge in [0.15, 0.2) is 0 Å². The van der Waals surface area contributed by atoms with Crippen LogP contribution in [0.2, 0.25) is 0 Å². The molecule has 0 aromatic heterocycles. The Morgan fingerprint density at radius 3 is 2.12 bits per heavy atom. The molecule has 0 heterocycles. The van der Waals surface area contributed by atoms with Crippen molar-refractivity contribution in [1.29, 1.82) is 0 Å². The van der Waals surface area contributed by atoms with E-state index in [0.717, 1.165) is 12.5 Å². The van der Waals surface area contributed by atoms with Crippen LogP contribution in [0.5, 0.6) is 0 Å². The molecule has 2 nitrogen and oxygen atoms in total. The van der Waals surface area contributed by atoms with Gasteiger partial charge in [0.1, 0.15) is 0 Å². The van der Waals surface area contributed by atoms with Crippen LogP contribution in [0.15, 0.2) is 0 Å². The van der Waals surface area contributed by atoms with Crippen LogP contribution < -0.4 is 0 Å². The van der Waals surface area contributed by atoms with Crippen LogP contribution in [-0.4, -0.2) is 35.7 Å². The van der Waals surface area contributed by atoms with E-state index in [2.05, 4.69) is 25.7 Å². The molecule has 0 amide bonds. The lowest BCUT2D eigenvalue weighted by Gasteiger charge is -2.28. The maximum absolute atomic E-state index is 8.71. The largest absolute Gasteiger partial charge is 0.396 e. The summed E-state index contributed by atoms with van der Waals surface area (Å²) in [6.45, 7) is 9.71. The molecule has 0 saturated carbocycles. The van der Waals surface area contributed by atoms with Gasteiger partial charge in [-0.15, -0.1) is 0 Å². The molecule has 0 rings (SSSR count). The smallest absolute Gasteiger partial charge is 0.0431 e. The van der Waals surface area contributed by atoms with E-state index in [-0.39, 0.29) is 0 Å². The van der Waals surface area contributed by atoms with E-state index in [0.29, 0.717) is 6.61 Å². The molecule has 1 atom stereocenters. The minimum absolute atomic E-state index is 0.352. The number of unbranched alkanes of at least 4 members (excludes halogenated alkanes) is 4. The second-order valence-corrected chi connectivity index (χ2v) is 4.78. The predicted molar refractivity (Wildman–Crippen MR) is 71.8 cm³/mol. The van der Waals surface area contributed by atoms with E-state index in [4.69, 9.17) is 5.11 Å². The van der Waals surface area contributed by atoms with Crippen molar-refractivity contribution in [3.05, 3.63) is 0 Å². The van der Waals surface area contributed by atoms with Crippen molar-refractivity contribution < 1.29 is 5.11 Å². The Hall–Kier alpha value is -0.0800. The second-order valence-electron chi connectivity index (χ2n) is 4.78. The van der Waals surface area contributed by atoms with E-state index in [1.165, 1.54) is 51.6 Å². The molecule has 98 valence electrons. The van der Waals surface area contributed by atoms with Gasteiger partial charge in [-0.05, 0) is 45.7 Å². The van der Waals surface area contributed by atoms with Gasteiger partial charge in [0, 0.05) is 12.6 Å². The summed E-state index contributed by atoms with van der Waals surface area (Å²) in [4.78, 5) is 2.63. The first-order valence-corrected chi connectivity index (χ1v) is 7.11. The Morgan fingerprint density at radius 2 is 1.56 bits per heavy atom. The average molecular weight is 229 g/mol. The molecule has 0 aromatic carbocycles. The van der Waals surface area contributed by atoms with Crippen LogP contribution in [0.25, 0.3) is 0 Å². The maximum atomic E-state index is 8.71. The van der Waals surface area contributed by atoms with Crippen LogP contribution in [0, 0.1) is 0 Å². The molecule has 16 heavy (non-hydrogen) atoms. The fourth-order valence-corrected chi connectivity index (χ4v) is 1.95. The van der Waals surface area contributed by atoms with Gasteiger partial charge in [-0.3, -0.25) is 0 Å². The molecule has 1 unspecified atom stereocenters. The van der Waals surface area contributed by atoms with Gasteiger partial charge in [-0.1, -0.05) is 33.1 Å². The fraction of sp³-hybridized carbons (Fsp3) is 1.00. The molecular weight excluding hydrogens is 198 g/mol. The minimum Gasteiger partial charge on any atom is -0.396 e. The van der Waals surface area contributed by atoms with E-state index >= 15 is 0 Å². The lowest BCUT2D eigenvalue weighted by atomic mass is 10.1. The van der Waals surface area contributed by atoms with Gasteiger partial charge in [0.05, 0.1) is 0 Å². The molecule has 0 aromatic rings. The van der Waals surface area contributed by atoms with E-state index < -0.39 is 0 Å². The lowest BCUT2D eigenvalue weighted by molar-refractivity contribution is 0.195. The molecule has 0 aliphatic heterocycles. The number of hydrogen-bond acceptors (Lipinski definition) is 2. The molecule has 0 aliphatic carbocycles. The summed E-state index contributed by atoms with van der Waals surface area (Å²) in [6.07, 6.45) is 8.56. The van der Waals surface area contributed by atoms with Gasteiger partial charge in [-0.2, -0.15) is 0 Å². The molecular formula is C14H31NO. The van der Waals surface area contributed by atoms with Crippen molar-refractivity contribution in [2.75, 3.05) is 19.7 Å². The summed E-state index contributed by atoms with van der Waals surface area (Å²) in [7, 11) is 0. The highest BCUT2D eigenvalue weighted by Gasteiger charge is 2.10. The topological polar surface area (TPSA) is 23.5 Å². The van der Waals surface area contributed by atoms with Crippen molar-refractivity contribution in [3.8, 4) is 0 Å². The van der Waals surface area contributed by atoms with Crippen molar-refractivity contribution in [2.45, 2.75) is 71.8 Å². The first kappa shape index (κ1) is 15.9. The molecule has 0 aliphatic rings. The van der Waals surface area contributed by atoms with Crippen molar-refractivity contribution in [3.63, 3.8) is 0 Å². The molecule has 0 spiro atoms. The third-order valence-electron chi connectivity index (χ3n) is 3.37.